The summed E-state index contributed by atoms with van der Waals surface area (Å²) in [5.74, 6) is -0.258. The number of aromatic nitrogens is 1. The molecule has 1 atom stereocenters. The van der Waals surface area contributed by atoms with E-state index in [1.807, 2.05) is 0 Å². The lowest BCUT2D eigenvalue weighted by Crippen LogP contribution is -2.37. The molecule has 0 saturated carbocycles. The van der Waals surface area contributed by atoms with Crippen LogP contribution < -0.4 is 10.6 Å². The molecule has 2 N–H and O–H groups in total. The van der Waals surface area contributed by atoms with Crippen LogP contribution in [-0.4, -0.2) is 28.6 Å². The Bertz CT molecular complexity index is 567. The molecule has 0 radical (unpaired) electrons. The standard InChI is InChI=1S/C12H13N3O3S/c16-8-3-1-2-6-10(8)19-12(14-6)15-11(18)7-4-5-9(17)13-7/h7H,1-5H2,(H,13,17)(H,14,15,18). The first kappa shape index (κ1) is 12.3. The molecule has 1 fully saturated rings. The molecule has 100 valence electrons. The zero-order valence-corrected chi connectivity index (χ0v) is 11.0. The molecule has 1 saturated heterocycles. The molecule has 0 aromatic carbocycles. The Hall–Kier alpha value is -1.76. The summed E-state index contributed by atoms with van der Waals surface area (Å²) in [5, 5.41) is 5.74. The van der Waals surface area contributed by atoms with Gasteiger partial charge in [0.1, 0.15) is 6.04 Å². The van der Waals surface area contributed by atoms with E-state index in [9.17, 15) is 14.4 Å². The largest absolute Gasteiger partial charge is 0.344 e. The van der Waals surface area contributed by atoms with Gasteiger partial charge < -0.3 is 10.6 Å². The molecule has 0 spiro atoms. The first-order chi connectivity index (χ1) is 9.13. The number of hydrogen-bond donors (Lipinski definition) is 2. The Morgan fingerprint density at radius 3 is 2.84 bits per heavy atom. The van der Waals surface area contributed by atoms with Gasteiger partial charge in [-0.05, 0) is 19.3 Å². The molecule has 1 unspecified atom stereocenters. The van der Waals surface area contributed by atoms with Crippen molar-refractivity contribution in [1.29, 1.82) is 0 Å². The second-order valence-electron chi connectivity index (χ2n) is 4.72. The van der Waals surface area contributed by atoms with Crippen LogP contribution in [0.2, 0.25) is 0 Å². The van der Waals surface area contributed by atoms with E-state index in [2.05, 4.69) is 15.6 Å². The highest BCUT2D eigenvalue weighted by molar-refractivity contribution is 7.17. The monoisotopic (exact) mass is 279 g/mol. The van der Waals surface area contributed by atoms with Crippen LogP contribution in [0.1, 0.15) is 41.0 Å². The SMILES string of the molecule is O=C1CCC(C(=O)Nc2nc3c(s2)C(=O)CCC3)N1. The number of amides is 2. The van der Waals surface area contributed by atoms with Crippen molar-refractivity contribution in [3.63, 3.8) is 0 Å². The lowest BCUT2D eigenvalue weighted by Gasteiger charge is -2.08. The third-order valence-corrected chi connectivity index (χ3v) is 4.36. The Morgan fingerprint density at radius 2 is 2.16 bits per heavy atom. The zero-order valence-electron chi connectivity index (χ0n) is 10.2. The number of Topliss-reactive ketones (excluding diaryl/α,β-unsaturated/α-hetero) is 1. The number of ketones is 1. The summed E-state index contributed by atoms with van der Waals surface area (Å²) in [4.78, 5) is 39.6. The summed E-state index contributed by atoms with van der Waals surface area (Å²) < 4.78 is 0. The van der Waals surface area contributed by atoms with Gasteiger partial charge in [-0.1, -0.05) is 11.3 Å². The fraction of sp³-hybridized carbons (Fsp3) is 0.500. The van der Waals surface area contributed by atoms with Crippen molar-refractivity contribution in [3.05, 3.63) is 10.6 Å². The van der Waals surface area contributed by atoms with E-state index in [4.69, 9.17) is 0 Å². The van der Waals surface area contributed by atoms with Crippen molar-refractivity contribution in [3.8, 4) is 0 Å². The van der Waals surface area contributed by atoms with Crippen LogP contribution in [0, 0.1) is 0 Å². The van der Waals surface area contributed by atoms with E-state index >= 15 is 0 Å². The summed E-state index contributed by atoms with van der Waals surface area (Å²) in [6.45, 7) is 0. The maximum absolute atomic E-state index is 11.9. The Labute approximate surface area is 113 Å². The molecule has 2 heterocycles. The first-order valence-corrected chi connectivity index (χ1v) is 7.08. The Kier molecular flexibility index (Phi) is 3.06. The highest BCUT2D eigenvalue weighted by Crippen LogP contribution is 2.29. The van der Waals surface area contributed by atoms with Crippen LogP contribution in [0.4, 0.5) is 5.13 Å². The molecule has 6 nitrogen and oxygen atoms in total. The lowest BCUT2D eigenvalue weighted by atomic mass is 10.0. The molecule has 1 aromatic heterocycles. The normalized spacial score (nSPS) is 22.0. The summed E-state index contributed by atoms with van der Waals surface area (Å²) in [6.07, 6.45) is 3.05. The molecule has 3 rings (SSSR count). The summed E-state index contributed by atoms with van der Waals surface area (Å²) >= 11 is 1.23. The predicted molar refractivity (Wildman–Crippen MR) is 69.2 cm³/mol. The number of carbonyl (C=O) groups excluding carboxylic acids is 3. The van der Waals surface area contributed by atoms with Gasteiger partial charge in [0, 0.05) is 12.8 Å². The average Bonchev–Trinajstić information content (AvgIpc) is 2.96. The molecule has 2 amide bonds. The van der Waals surface area contributed by atoms with Gasteiger partial charge in [0.05, 0.1) is 10.6 Å². The van der Waals surface area contributed by atoms with Crippen molar-refractivity contribution >= 4 is 34.1 Å². The van der Waals surface area contributed by atoms with Crippen molar-refractivity contribution in [2.24, 2.45) is 0 Å². The summed E-state index contributed by atoms with van der Waals surface area (Å²) in [7, 11) is 0. The number of aryl methyl sites for hydroxylation is 1. The van der Waals surface area contributed by atoms with Crippen LogP contribution >= 0.6 is 11.3 Å². The number of nitrogens with one attached hydrogen (secondary N) is 2. The fourth-order valence-corrected chi connectivity index (χ4v) is 3.31. The maximum atomic E-state index is 11.9. The van der Waals surface area contributed by atoms with Crippen LogP contribution in [0.3, 0.4) is 0 Å². The minimum atomic E-state index is -0.482. The van der Waals surface area contributed by atoms with Crippen LogP contribution in [-0.2, 0) is 16.0 Å². The smallest absolute Gasteiger partial charge is 0.248 e. The van der Waals surface area contributed by atoms with Crippen molar-refractivity contribution in [2.75, 3.05) is 5.32 Å². The van der Waals surface area contributed by atoms with Crippen molar-refractivity contribution in [2.45, 2.75) is 38.1 Å². The Balaban J connectivity index is 1.72. The second-order valence-corrected chi connectivity index (χ2v) is 5.72. The van der Waals surface area contributed by atoms with Gasteiger partial charge in [0.25, 0.3) is 0 Å². The quantitative estimate of drug-likeness (QED) is 0.841. The van der Waals surface area contributed by atoms with E-state index in [0.29, 0.717) is 29.3 Å². The highest BCUT2D eigenvalue weighted by Gasteiger charge is 2.29. The van der Waals surface area contributed by atoms with Crippen molar-refractivity contribution < 1.29 is 14.4 Å². The zero-order chi connectivity index (χ0) is 13.4. The van der Waals surface area contributed by atoms with E-state index in [-0.39, 0.29) is 17.6 Å². The van der Waals surface area contributed by atoms with E-state index in [1.165, 1.54) is 11.3 Å². The molecule has 1 aliphatic heterocycles. The molecule has 1 aromatic rings. The average molecular weight is 279 g/mol. The van der Waals surface area contributed by atoms with Crippen LogP contribution in [0.5, 0.6) is 0 Å². The summed E-state index contributed by atoms with van der Waals surface area (Å²) in [6, 6.07) is -0.482. The molecule has 2 aliphatic rings. The van der Waals surface area contributed by atoms with Crippen LogP contribution in [0.25, 0.3) is 0 Å². The number of rotatable bonds is 2. The number of anilines is 1. The number of carbonyl (C=O) groups is 3. The predicted octanol–water partition coefficient (Wildman–Crippen LogP) is 0.879. The number of hydrogen-bond acceptors (Lipinski definition) is 5. The number of thiazole rings is 1. The maximum Gasteiger partial charge on any atom is 0.248 e. The van der Waals surface area contributed by atoms with E-state index in [1.54, 1.807) is 0 Å². The molecule has 7 heteroatoms. The minimum Gasteiger partial charge on any atom is -0.344 e. The number of nitrogens with zero attached hydrogens (tertiary/aromatic N) is 1. The van der Waals surface area contributed by atoms with Gasteiger partial charge in [-0.15, -0.1) is 0 Å². The van der Waals surface area contributed by atoms with Gasteiger partial charge in [0.15, 0.2) is 10.9 Å². The van der Waals surface area contributed by atoms with Gasteiger partial charge >= 0.3 is 0 Å². The summed E-state index contributed by atoms with van der Waals surface area (Å²) in [5.41, 5.74) is 0.784. The Morgan fingerprint density at radius 1 is 1.32 bits per heavy atom. The van der Waals surface area contributed by atoms with Crippen molar-refractivity contribution in [1.82, 2.24) is 10.3 Å². The molecular formula is C12H13N3O3S. The lowest BCUT2D eigenvalue weighted by molar-refractivity contribution is -0.122. The third-order valence-electron chi connectivity index (χ3n) is 3.31. The third kappa shape index (κ3) is 2.37. The minimum absolute atomic E-state index is 0.103. The van der Waals surface area contributed by atoms with Gasteiger partial charge in [0.2, 0.25) is 11.8 Å². The molecule has 0 bridgehead atoms. The highest BCUT2D eigenvalue weighted by atomic mass is 32.1. The van der Waals surface area contributed by atoms with Gasteiger partial charge in [-0.3, -0.25) is 14.4 Å². The van der Waals surface area contributed by atoms with Gasteiger partial charge in [-0.2, -0.15) is 0 Å². The second kappa shape index (κ2) is 4.73. The van der Waals surface area contributed by atoms with E-state index < -0.39 is 6.04 Å². The van der Waals surface area contributed by atoms with Gasteiger partial charge in [-0.25, -0.2) is 4.98 Å². The molecule has 1 aliphatic carbocycles. The molecular weight excluding hydrogens is 266 g/mol. The molecule has 19 heavy (non-hydrogen) atoms. The first-order valence-electron chi connectivity index (χ1n) is 6.26. The fourth-order valence-electron chi connectivity index (χ4n) is 2.33. The topological polar surface area (TPSA) is 88.2 Å². The van der Waals surface area contributed by atoms with E-state index in [0.717, 1.165) is 18.5 Å². The van der Waals surface area contributed by atoms with Crippen LogP contribution in [0.15, 0.2) is 0 Å². The number of fused-ring (bicyclic) bond motifs is 1.